The molecule has 0 spiro atoms. The van der Waals surface area contributed by atoms with Gasteiger partial charge in [0.05, 0.1) is 12.5 Å². The lowest BCUT2D eigenvalue weighted by Gasteiger charge is -2.20. The molecule has 0 N–H and O–H groups in total. The largest absolute Gasteiger partial charge is 0.333 e. The maximum atomic E-state index is 12.2. The highest BCUT2D eigenvalue weighted by atomic mass is 32.2. The third-order valence-corrected chi connectivity index (χ3v) is 4.74. The Morgan fingerprint density at radius 2 is 1.84 bits per heavy atom. The minimum Gasteiger partial charge on any atom is -0.330 e. The number of nitriles is 1. The van der Waals surface area contributed by atoms with Crippen LogP contribution >= 0.6 is 11.8 Å². The fraction of sp³-hybridized carbons (Fsp3) is 0.353. The Hall–Kier alpha value is -2.66. The Morgan fingerprint density at radius 3 is 2.40 bits per heavy atom. The molecular formula is C17H16N2O5S. The van der Waals surface area contributed by atoms with Crippen LogP contribution in [0.1, 0.15) is 43.0 Å². The highest BCUT2D eigenvalue weighted by Crippen LogP contribution is 2.32. The van der Waals surface area contributed by atoms with E-state index in [-0.39, 0.29) is 30.8 Å². The number of hydrogen-bond donors (Lipinski definition) is 0. The van der Waals surface area contributed by atoms with Crippen molar-refractivity contribution >= 4 is 34.7 Å². The third-order valence-electron chi connectivity index (χ3n) is 3.57. The van der Waals surface area contributed by atoms with Crippen LogP contribution < -0.4 is 0 Å². The predicted octanol–water partition coefficient (Wildman–Crippen LogP) is 2.23. The van der Waals surface area contributed by atoms with Gasteiger partial charge < -0.3 is 4.84 Å². The third kappa shape index (κ3) is 4.90. The summed E-state index contributed by atoms with van der Waals surface area (Å²) in [4.78, 5) is 51.6. The van der Waals surface area contributed by atoms with Crippen LogP contribution in [0.15, 0.2) is 30.3 Å². The van der Waals surface area contributed by atoms with Gasteiger partial charge in [-0.25, -0.2) is 4.79 Å². The van der Waals surface area contributed by atoms with Gasteiger partial charge in [-0.3, -0.25) is 14.4 Å². The molecule has 2 amide bonds. The SMILES string of the molecule is CC(C#N)(CCC(=O)ON1C(=O)CCC1=O)SC(=O)c1ccccc1. The van der Waals surface area contributed by atoms with Gasteiger partial charge in [0.2, 0.25) is 5.12 Å². The Labute approximate surface area is 148 Å². The highest BCUT2D eigenvalue weighted by molar-refractivity contribution is 8.15. The number of carbonyl (C=O) groups excluding carboxylic acids is 4. The summed E-state index contributed by atoms with van der Waals surface area (Å²) < 4.78 is -1.13. The van der Waals surface area contributed by atoms with Crippen LogP contribution in [0, 0.1) is 11.3 Å². The van der Waals surface area contributed by atoms with Gasteiger partial charge in [-0.2, -0.15) is 5.26 Å². The summed E-state index contributed by atoms with van der Waals surface area (Å²) in [5.74, 6) is -1.91. The molecule has 0 aromatic heterocycles. The Kier molecular flexibility index (Phi) is 5.93. The quantitative estimate of drug-likeness (QED) is 0.716. The number of nitrogens with zero attached hydrogens (tertiary/aromatic N) is 2. The lowest BCUT2D eigenvalue weighted by Crippen LogP contribution is -2.32. The molecule has 1 fully saturated rings. The van der Waals surface area contributed by atoms with E-state index in [9.17, 15) is 24.4 Å². The van der Waals surface area contributed by atoms with Crippen molar-refractivity contribution in [1.82, 2.24) is 5.06 Å². The van der Waals surface area contributed by atoms with Crippen LogP contribution in [0.25, 0.3) is 0 Å². The second kappa shape index (κ2) is 7.94. The van der Waals surface area contributed by atoms with Gasteiger partial charge in [0.25, 0.3) is 11.8 Å². The Balaban J connectivity index is 1.91. The van der Waals surface area contributed by atoms with Crippen LogP contribution in [0.3, 0.4) is 0 Å². The van der Waals surface area contributed by atoms with Crippen molar-refractivity contribution in [2.75, 3.05) is 0 Å². The number of hydroxylamine groups is 2. The Morgan fingerprint density at radius 1 is 1.24 bits per heavy atom. The van der Waals surface area contributed by atoms with E-state index in [0.29, 0.717) is 10.6 Å². The number of benzene rings is 1. The van der Waals surface area contributed by atoms with Crippen LogP contribution in [-0.4, -0.2) is 32.7 Å². The number of hydrogen-bond acceptors (Lipinski definition) is 7. The van der Waals surface area contributed by atoms with Crippen molar-refractivity contribution in [3.8, 4) is 6.07 Å². The average molecular weight is 360 g/mol. The minimum absolute atomic E-state index is 0.0173. The van der Waals surface area contributed by atoms with E-state index in [1.807, 2.05) is 6.07 Å². The molecule has 1 aliphatic heterocycles. The monoisotopic (exact) mass is 360 g/mol. The molecule has 1 heterocycles. The zero-order chi connectivity index (χ0) is 18.4. The van der Waals surface area contributed by atoms with E-state index < -0.39 is 22.5 Å². The van der Waals surface area contributed by atoms with Crippen molar-refractivity contribution in [2.45, 2.75) is 37.4 Å². The van der Waals surface area contributed by atoms with E-state index in [4.69, 9.17) is 4.84 Å². The highest BCUT2D eigenvalue weighted by Gasteiger charge is 2.34. The van der Waals surface area contributed by atoms with Crippen LogP contribution in [0.5, 0.6) is 0 Å². The molecule has 1 aliphatic rings. The summed E-state index contributed by atoms with van der Waals surface area (Å²) in [7, 11) is 0. The first kappa shape index (κ1) is 18.7. The smallest absolute Gasteiger partial charge is 0.330 e. The van der Waals surface area contributed by atoms with Crippen molar-refractivity contribution in [2.24, 2.45) is 0 Å². The Bertz CT molecular complexity index is 727. The fourth-order valence-corrected chi connectivity index (χ4v) is 3.03. The maximum absolute atomic E-state index is 12.2. The first-order chi connectivity index (χ1) is 11.8. The first-order valence-electron chi connectivity index (χ1n) is 7.61. The van der Waals surface area contributed by atoms with Gasteiger partial charge in [0, 0.05) is 18.4 Å². The zero-order valence-corrected chi connectivity index (χ0v) is 14.4. The molecule has 1 saturated heterocycles. The normalized spacial score (nSPS) is 16.2. The summed E-state index contributed by atoms with van der Waals surface area (Å²) in [6, 6.07) is 10.5. The van der Waals surface area contributed by atoms with Crippen molar-refractivity contribution in [1.29, 1.82) is 5.26 Å². The van der Waals surface area contributed by atoms with E-state index >= 15 is 0 Å². The molecule has 1 aromatic rings. The molecule has 0 bridgehead atoms. The molecule has 1 atom stereocenters. The van der Waals surface area contributed by atoms with Crippen LogP contribution in [-0.2, 0) is 19.2 Å². The van der Waals surface area contributed by atoms with E-state index in [1.165, 1.54) is 0 Å². The summed E-state index contributed by atoms with van der Waals surface area (Å²) in [5, 5.41) is 9.56. The predicted molar refractivity (Wildman–Crippen MR) is 88.8 cm³/mol. The number of carbonyl (C=O) groups is 4. The van der Waals surface area contributed by atoms with Gasteiger partial charge in [0.1, 0.15) is 4.75 Å². The molecule has 130 valence electrons. The van der Waals surface area contributed by atoms with Gasteiger partial charge in [-0.05, 0) is 13.3 Å². The van der Waals surface area contributed by atoms with E-state index in [1.54, 1.807) is 37.3 Å². The van der Waals surface area contributed by atoms with Gasteiger partial charge >= 0.3 is 5.97 Å². The van der Waals surface area contributed by atoms with Crippen LogP contribution in [0.4, 0.5) is 0 Å². The number of rotatable bonds is 6. The molecule has 2 rings (SSSR count). The number of thioether (sulfide) groups is 1. The molecule has 8 heteroatoms. The summed E-state index contributed by atoms with van der Waals surface area (Å²) in [6.45, 7) is 1.55. The molecule has 25 heavy (non-hydrogen) atoms. The van der Waals surface area contributed by atoms with E-state index in [0.717, 1.165) is 11.8 Å². The molecule has 0 aliphatic carbocycles. The lowest BCUT2D eigenvalue weighted by atomic mass is 10.1. The first-order valence-corrected chi connectivity index (χ1v) is 8.42. The van der Waals surface area contributed by atoms with Gasteiger partial charge in [-0.15, -0.1) is 5.06 Å². The summed E-state index contributed by atoms with van der Waals surface area (Å²) >= 11 is 0.831. The fourth-order valence-electron chi connectivity index (χ4n) is 2.11. The second-order valence-corrected chi connectivity index (χ2v) is 7.12. The zero-order valence-electron chi connectivity index (χ0n) is 13.6. The number of imide groups is 1. The van der Waals surface area contributed by atoms with Crippen molar-refractivity contribution in [3.63, 3.8) is 0 Å². The van der Waals surface area contributed by atoms with E-state index in [2.05, 4.69) is 0 Å². The summed E-state index contributed by atoms with van der Waals surface area (Å²) in [6.07, 6.45) is -0.120. The average Bonchev–Trinajstić information content (AvgIpc) is 2.92. The maximum Gasteiger partial charge on any atom is 0.333 e. The lowest BCUT2D eigenvalue weighted by molar-refractivity contribution is -0.197. The topological polar surface area (TPSA) is 105 Å². The molecule has 0 radical (unpaired) electrons. The molecular weight excluding hydrogens is 344 g/mol. The van der Waals surface area contributed by atoms with Gasteiger partial charge in [0.15, 0.2) is 0 Å². The molecule has 7 nitrogen and oxygen atoms in total. The standard InChI is InChI=1S/C17H16N2O5S/c1-17(11-18,25-16(23)12-5-3-2-4-6-12)10-9-15(22)24-19-13(20)7-8-14(19)21/h2-6H,7-10H2,1H3. The van der Waals surface area contributed by atoms with Gasteiger partial charge in [-0.1, -0.05) is 42.1 Å². The number of amides is 2. The minimum atomic E-state index is -1.13. The molecule has 1 aromatic carbocycles. The molecule has 0 saturated carbocycles. The summed E-state index contributed by atoms with van der Waals surface area (Å²) in [5.41, 5.74) is 0.463. The van der Waals surface area contributed by atoms with Crippen molar-refractivity contribution in [3.05, 3.63) is 35.9 Å². The molecule has 1 unspecified atom stereocenters. The van der Waals surface area contributed by atoms with Crippen molar-refractivity contribution < 1.29 is 24.0 Å². The second-order valence-electron chi connectivity index (χ2n) is 5.64. The van der Waals surface area contributed by atoms with Crippen LogP contribution in [0.2, 0.25) is 0 Å².